The number of hydrogen-bond donors (Lipinski definition) is 0. The molecule has 0 N–H and O–H groups in total. The van der Waals surface area contributed by atoms with Gasteiger partial charge in [-0.25, -0.2) is 15.0 Å². The van der Waals surface area contributed by atoms with Crippen LogP contribution >= 0.6 is 0 Å². The van der Waals surface area contributed by atoms with Gasteiger partial charge in [-0.2, -0.15) is 26.3 Å². The second kappa shape index (κ2) is 21.4. The molecule has 0 fully saturated rings. The second-order valence-corrected chi connectivity index (χ2v) is 25.0. The molecular weight excluding hydrogens is 1070 g/mol. The number of alkyl halides is 6. The SMILES string of the molecule is Cc1cc(C)cc(-c2ccc3c4ccc(-c5cc(C(F)(F)F)cc(C(F)(F)F)c5)cc4n(-c4cc(-c5nc(-c6ccccc6)nc(-c6ccccc6)n5)ccc4-c4cccc([Si](c5ccccc5)(c5ccccc5)c5ccccc5)c4)c3c2)c1. The fraction of sp³-hybridized carbons (Fsp3) is 0.0548. The van der Waals surface area contributed by atoms with Crippen LogP contribution in [0.3, 0.4) is 0 Å². The first-order valence-corrected chi connectivity index (χ1v) is 29.4. The zero-order valence-electron chi connectivity index (χ0n) is 45.5. The summed E-state index contributed by atoms with van der Waals surface area (Å²) in [6.45, 7) is 4.10. The number of fused-ring (bicyclic) bond motifs is 3. The Bertz CT molecular complexity index is 4380. The van der Waals surface area contributed by atoms with Gasteiger partial charge in [0.25, 0.3) is 0 Å². The van der Waals surface area contributed by atoms with Crippen molar-refractivity contribution < 1.29 is 26.3 Å². The smallest absolute Gasteiger partial charge is 0.309 e. The third kappa shape index (κ3) is 9.96. The number of rotatable bonds is 11. The normalized spacial score (nSPS) is 12.0. The molecular formula is C73H50F6N4Si. The number of hydrogen-bond acceptors (Lipinski definition) is 3. The molecule has 0 bridgehead atoms. The van der Waals surface area contributed by atoms with E-state index in [1.54, 1.807) is 18.2 Å². The van der Waals surface area contributed by atoms with Gasteiger partial charge in [0, 0.05) is 33.0 Å². The van der Waals surface area contributed by atoms with Crippen molar-refractivity contribution in [2.75, 3.05) is 0 Å². The predicted molar refractivity (Wildman–Crippen MR) is 330 cm³/mol. The molecule has 11 aromatic carbocycles. The van der Waals surface area contributed by atoms with Crippen molar-refractivity contribution in [3.05, 3.63) is 289 Å². The van der Waals surface area contributed by atoms with E-state index in [-0.39, 0.29) is 17.2 Å². The van der Waals surface area contributed by atoms with Crippen LogP contribution in [0.25, 0.3) is 95.0 Å². The number of nitrogens with zero attached hydrogens (tertiary/aromatic N) is 4. The molecule has 0 saturated carbocycles. The predicted octanol–water partition coefficient (Wildman–Crippen LogP) is 17.0. The van der Waals surface area contributed by atoms with E-state index in [1.807, 2.05) is 97.1 Å². The lowest BCUT2D eigenvalue weighted by Gasteiger charge is -2.34. The monoisotopic (exact) mass is 1120 g/mol. The highest BCUT2D eigenvalue weighted by atomic mass is 28.3. The lowest BCUT2D eigenvalue weighted by molar-refractivity contribution is -0.143. The summed E-state index contributed by atoms with van der Waals surface area (Å²) in [5, 5.41) is 6.22. The first kappa shape index (κ1) is 53.3. The molecule has 2 aromatic heterocycles. The largest absolute Gasteiger partial charge is 0.416 e. The van der Waals surface area contributed by atoms with E-state index in [4.69, 9.17) is 15.0 Å². The van der Waals surface area contributed by atoms with Crippen LogP contribution in [-0.2, 0) is 12.4 Å². The molecule has 0 spiro atoms. The summed E-state index contributed by atoms with van der Waals surface area (Å²) in [5.74, 6) is 1.30. The molecule has 13 rings (SSSR count). The Kier molecular flexibility index (Phi) is 13.6. The molecule has 11 heteroatoms. The zero-order valence-corrected chi connectivity index (χ0v) is 46.5. The number of benzene rings is 11. The molecule has 13 aromatic rings. The Morgan fingerprint density at radius 2 is 0.702 bits per heavy atom. The van der Waals surface area contributed by atoms with E-state index in [2.05, 4.69) is 152 Å². The van der Waals surface area contributed by atoms with E-state index >= 15 is 0 Å². The Hall–Kier alpha value is -9.97. The molecule has 0 aliphatic rings. The topological polar surface area (TPSA) is 43.6 Å². The molecule has 2 heterocycles. The molecule has 0 saturated heterocycles. The van der Waals surface area contributed by atoms with Gasteiger partial charge in [-0.05, 0) is 98.8 Å². The zero-order chi connectivity index (χ0) is 57.7. The Balaban J connectivity index is 1.14. The minimum absolute atomic E-state index is 0.165. The average molecular weight is 1130 g/mol. The number of aryl methyl sites for hydroxylation is 2. The van der Waals surface area contributed by atoms with Crippen LogP contribution in [0.15, 0.2) is 267 Å². The molecule has 0 atom stereocenters. The number of halogens is 6. The summed E-state index contributed by atoms with van der Waals surface area (Å²) < 4.78 is 89.6. The van der Waals surface area contributed by atoms with Crippen molar-refractivity contribution in [1.29, 1.82) is 0 Å². The van der Waals surface area contributed by atoms with Gasteiger partial charge in [0.1, 0.15) is 0 Å². The quantitative estimate of drug-likeness (QED) is 0.0736. The van der Waals surface area contributed by atoms with Crippen molar-refractivity contribution in [1.82, 2.24) is 19.5 Å². The van der Waals surface area contributed by atoms with E-state index in [1.165, 1.54) is 15.6 Å². The van der Waals surface area contributed by atoms with Crippen LogP contribution in [0.2, 0.25) is 0 Å². The summed E-state index contributed by atoms with van der Waals surface area (Å²) in [6.07, 6.45) is -10.1. The van der Waals surface area contributed by atoms with Gasteiger partial charge in [0.05, 0.1) is 27.8 Å². The maximum absolute atomic E-state index is 14.6. The number of aromatic nitrogens is 4. The van der Waals surface area contributed by atoms with Gasteiger partial charge >= 0.3 is 12.4 Å². The van der Waals surface area contributed by atoms with Crippen molar-refractivity contribution in [3.63, 3.8) is 0 Å². The van der Waals surface area contributed by atoms with Crippen molar-refractivity contribution in [2.24, 2.45) is 0 Å². The third-order valence-electron chi connectivity index (χ3n) is 15.7. The summed E-state index contributed by atoms with van der Waals surface area (Å²) >= 11 is 0. The van der Waals surface area contributed by atoms with Gasteiger partial charge < -0.3 is 4.57 Å². The van der Waals surface area contributed by atoms with Crippen LogP contribution in [0, 0.1) is 13.8 Å². The molecule has 0 amide bonds. The Labute approximate surface area is 482 Å². The van der Waals surface area contributed by atoms with Crippen LogP contribution < -0.4 is 20.7 Å². The maximum Gasteiger partial charge on any atom is 0.416 e. The Morgan fingerprint density at radius 3 is 1.15 bits per heavy atom. The van der Waals surface area contributed by atoms with Gasteiger partial charge in [-0.15, -0.1) is 0 Å². The highest BCUT2D eigenvalue weighted by Gasteiger charge is 2.42. The minimum atomic E-state index is -5.05. The summed E-state index contributed by atoms with van der Waals surface area (Å²) in [5.41, 5.74) is 6.99. The standard InChI is InChI=1S/C73H50F6N4Si/c1-47-37-48(2)39-55(38-47)51-31-35-64-65-36-32-52(56-40-57(72(74,75)76)46-58(41-56)73(77,78)79)44-68(65)83(67(64)43-51)66-45-54(71-81-69(49-19-8-3-9-20-49)80-70(82-71)50-21-10-4-11-22-50)33-34-63(66)53-23-18-30-62(42-53)84(59-24-12-5-13-25-59,60-26-14-6-15-27-60)61-28-16-7-17-29-61/h3-46H,1-2H3. The maximum atomic E-state index is 14.6. The molecule has 84 heavy (non-hydrogen) atoms. The summed E-state index contributed by atoms with van der Waals surface area (Å²) in [7, 11) is -3.11. The van der Waals surface area contributed by atoms with Gasteiger partial charge in [0.2, 0.25) is 0 Å². The summed E-state index contributed by atoms with van der Waals surface area (Å²) in [4.78, 5) is 15.3. The Morgan fingerprint density at radius 1 is 0.310 bits per heavy atom. The lowest BCUT2D eigenvalue weighted by atomic mass is 9.97. The molecule has 4 nitrogen and oxygen atoms in total. The highest BCUT2D eigenvalue weighted by molar-refractivity contribution is 7.19. The van der Waals surface area contributed by atoms with E-state index < -0.39 is 31.6 Å². The van der Waals surface area contributed by atoms with Gasteiger partial charge in [0.15, 0.2) is 25.5 Å². The molecule has 0 aliphatic heterocycles. The van der Waals surface area contributed by atoms with Crippen LogP contribution in [0.4, 0.5) is 26.3 Å². The van der Waals surface area contributed by atoms with E-state index in [0.717, 1.165) is 78.1 Å². The fourth-order valence-electron chi connectivity index (χ4n) is 11.9. The minimum Gasteiger partial charge on any atom is -0.309 e. The van der Waals surface area contributed by atoms with Crippen LogP contribution in [0.1, 0.15) is 22.3 Å². The molecule has 0 unspecified atom stereocenters. The molecule has 0 radical (unpaired) electrons. The van der Waals surface area contributed by atoms with Crippen LogP contribution in [0.5, 0.6) is 0 Å². The van der Waals surface area contributed by atoms with Gasteiger partial charge in [-0.1, -0.05) is 242 Å². The lowest BCUT2D eigenvalue weighted by Crippen LogP contribution is -2.74. The molecule has 0 aliphatic carbocycles. The van der Waals surface area contributed by atoms with Crippen molar-refractivity contribution in [3.8, 4) is 73.2 Å². The van der Waals surface area contributed by atoms with Crippen molar-refractivity contribution >= 4 is 50.6 Å². The van der Waals surface area contributed by atoms with E-state index in [0.29, 0.717) is 34.2 Å². The second-order valence-electron chi connectivity index (χ2n) is 21.2. The molecule has 408 valence electrons. The third-order valence-corrected chi connectivity index (χ3v) is 20.4. The van der Waals surface area contributed by atoms with E-state index in [9.17, 15) is 26.3 Å². The highest BCUT2D eigenvalue weighted by Crippen LogP contribution is 2.44. The fourth-order valence-corrected chi connectivity index (χ4v) is 16.7. The summed E-state index contributed by atoms with van der Waals surface area (Å²) in [6, 6.07) is 85.5. The van der Waals surface area contributed by atoms with Gasteiger partial charge in [-0.3, -0.25) is 0 Å². The van der Waals surface area contributed by atoms with Crippen molar-refractivity contribution in [2.45, 2.75) is 26.2 Å². The van der Waals surface area contributed by atoms with Crippen LogP contribution in [-0.4, -0.2) is 27.6 Å². The average Bonchev–Trinajstić information content (AvgIpc) is 3.31. The first-order valence-electron chi connectivity index (χ1n) is 27.4. The first-order chi connectivity index (χ1) is 40.7.